The van der Waals surface area contributed by atoms with Crippen LogP contribution in [0.4, 0.5) is 10.5 Å². The number of likely N-dealkylation sites (tertiary alicyclic amines) is 1. The van der Waals surface area contributed by atoms with Crippen LogP contribution in [0, 0.1) is 0 Å². The fourth-order valence-corrected chi connectivity index (χ4v) is 3.52. The van der Waals surface area contributed by atoms with Gasteiger partial charge in [0.05, 0.1) is 18.9 Å². The van der Waals surface area contributed by atoms with Gasteiger partial charge in [0.1, 0.15) is 5.75 Å². The Bertz CT molecular complexity index is 764. The molecule has 1 aliphatic heterocycles. The van der Waals surface area contributed by atoms with Gasteiger partial charge in [-0.25, -0.2) is 4.79 Å². The van der Waals surface area contributed by atoms with Crippen molar-refractivity contribution >= 4 is 11.7 Å². The highest BCUT2D eigenvalue weighted by Gasteiger charge is 2.16. The number of β-amino-alcohol motifs (C(OH)–C–C–N with tert-alkyl or cyclic N) is 1. The number of hydrogen-bond acceptors (Lipinski definition) is 4. The number of carbonyl (C=O) groups is 1. The fraction of sp³-hybridized carbons (Fsp3) is 0.409. The highest BCUT2D eigenvalue weighted by atomic mass is 16.5. The van der Waals surface area contributed by atoms with Crippen molar-refractivity contribution in [2.24, 2.45) is 0 Å². The quantitative estimate of drug-likeness (QED) is 0.641. The molecule has 3 N–H and O–H groups in total. The first kappa shape index (κ1) is 20.2. The summed E-state index contributed by atoms with van der Waals surface area (Å²) < 4.78 is 5.21. The Morgan fingerprint density at radius 3 is 2.75 bits per heavy atom. The number of ether oxygens (including phenoxy) is 1. The fourth-order valence-electron chi connectivity index (χ4n) is 3.52. The molecule has 150 valence electrons. The zero-order chi connectivity index (χ0) is 19.8. The lowest BCUT2D eigenvalue weighted by atomic mass is 10.0. The summed E-state index contributed by atoms with van der Waals surface area (Å²) in [5, 5.41) is 15.6. The molecule has 2 aromatic rings. The molecule has 0 saturated carbocycles. The molecule has 1 heterocycles. The van der Waals surface area contributed by atoms with Crippen LogP contribution in [-0.2, 0) is 0 Å². The molecule has 2 amide bonds. The predicted octanol–water partition coefficient (Wildman–Crippen LogP) is 3.33. The minimum atomic E-state index is -0.209. The molecule has 0 unspecified atom stereocenters. The summed E-state index contributed by atoms with van der Waals surface area (Å²) in [5.41, 5.74) is 2.74. The van der Waals surface area contributed by atoms with Crippen LogP contribution >= 0.6 is 0 Å². The molecule has 0 radical (unpaired) electrons. The number of para-hydroxylation sites is 1. The van der Waals surface area contributed by atoms with Gasteiger partial charge in [-0.15, -0.1) is 0 Å². The maximum absolute atomic E-state index is 12.3. The molecule has 0 spiro atoms. The van der Waals surface area contributed by atoms with E-state index < -0.39 is 0 Å². The van der Waals surface area contributed by atoms with Crippen molar-refractivity contribution in [3.8, 4) is 16.9 Å². The van der Waals surface area contributed by atoms with Gasteiger partial charge in [0.2, 0.25) is 0 Å². The van der Waals surface area contributed by atoms with Gasteiger partial charge < -0.3 is 25.4 Å². The topological polar surface area (TPSA) is 73.8 Å². The monoisotopic (exact) mass is 383 g/mol. The molecule has 1 atom stereocenters. The number of nitrogens with zero attached hydrogens (tertiary/aromatic N) is 1. The normalized spacial score (nSPS) is 17.1. The first-order chi connectivity index (χ1) is 13.7. The molecule has 3 rings (SSSR count). The molecule has 6 nitrogen and oxygen atoms in total. The lowest BCUT2D eigenvalue weighted by molar-refractivity contribution is 0.0703. The number of hydrogen-bond donors (Lipinski definition) is 3. The van der Waals surface area contributed by atoms with Gasteiger partial charge in [0.25, 0.3) is 0 Å². The average molecular weight is 383 g/mol. The molecule has 0 aromatic heterocycles. The maximum Gasteiger partial charge on any atom is 0.319 e. The number of urea groups is 1. The van der Waals surface area contributed by atoms with Crippen molar-refractivity contribution in [2.45, 2.75) is 25.4 Å². The summed E-state index contributed by atoms with van der Waals surface area (Å²) in [4.78, 5) is 14.6. The lowest BCUT2D eigenvalue weighted by Crippen LogP contribution is -2.40. The number of amides is 2. The lowest BCUT2D eigenvalue weighted by Gasteiger charge is -2.29. The first-order valence-corrected chi connectivity index (χ1v) is 9.84. The van der Waals surface area contributed by atoms with Crippen LogP contribution in [0.2, 0.25) is 0 Å². The van der Waals surface area contributed by atoms with Crippen LogP contribution in [0.1, 0.15) is 19.3 Å². The SMILES string of the molecule is COc1ccc(-c2ccccc2NC(=O)NCCCN2CCC[C@@H](O)C2)cc1. The highest BCUT2D eigenvalue weighted by Crippen LogP contribution is 2.29. The van der Waals surface area contributed by atoms with Crippen molar-refractivity contribution in [2.75, 3.05) is 38.6 Å². The van der Waals surface area contributed by atoms with Crippen LogP contribution in [-0.4, -0.2) is 55.4 Å². The first-order valence-electron chi connectivity index (χ1n) is 9.84. The van der Waals surface area contributed by atoms with Crippen molar-refractivity contribution in [3.63, 3.8) is 0 Å². The smallest absolute Gasteiger partial charge is 0.319 e. The Morgan fingerprint density at radius 2 is 2.00 bits per heavy atom. The van der Waals surface area contributed by atoms with Crippen LogP contribution in [0.15, 0.2) is 48.5 Å². The molecule has 1 saturated heterocycles. The summed E-state index contributed by atoms with van der Waals surface area (Å²) in [5.74, 6) is 0.799. The van der Waals surface area contributed by atoms with Crippen molar-refractivity contribution < 1.29 is 14.6 Å². The van der Waals surface area contributed by atoms with E-state index in [4.69, 9.17) is 4.74 Å². The minimum absolute atomic E-state index is 0.209. The van der Waals surface area contributed by atoms with E-state index in [0.717, 1.165) is 61.5 Å². The summed E-state index contributed by atoms with van der Waals surface area (Å²) in [6.07, 6.45) is 2.59. The number of carbonyl (C=O) groups excluding carboxylic acids is 1. The Labute approximate surface area is 166 Å². The van der Waals surface area contributed by atoms with Gasteiger partial charge >= 0.3 is 6.03 Å². The van der Waals surface area contributed by atoms with Crippen LogP contribution in [0.25, 0.3) is 11.1 Å². The molecular formula is C22H29N3O3. The molecule has 0 bridgehead atoms. The summed E-state index contributed by atoms with van der Waals surface area (Å²) >= 11 is 0. The van der Waals surface area contributed by atoms with Crippen molar-refractivity contribution in [3.05, 3.63) is 48.5 Å². The number of rotatable bonds is 7. The molecule has 6 heteroatoms. The van der Waals surface area contributed by atoms with Gasteiger partial charge in [-0.1, -0.05) is 30.3 Å². The third kappa shape index (κ3) is 5.71. The number of aliphatic hydroxyl groups is 1. The molecule has 2 aromatic carbocycles. The Hall–Kier alpha value is -2.57. The standard InChI is InChI=1S/C22H29N3O3/c1-28-19-11-9-17(10-12-19)20-7-2-3-8-21(20)24-22(27)23-13-5-15-25-14-4-6-18(26)16-25/h2-3,7-12,18,26H,4-6,13-16H2,1H3,(H2,23,24,27)/t18-/m1/s1. The average Bonchev–Trinajstić information content (AvgIpc) is 2.72. The molecule has 1 aliphatic rings. The van der Waals surface area contributed by atoms with Crippen LogP contribution in [0.5, 0.6) is 5.75 Å². The molecule has 28 heavy (non-hydrogen) atoms. The maximum atomic E-state index is 12.3. The third-order valence-electron chi connectivity index (χ3n) is 4.99. The van der Waals surface area contributed by atoms with Crippen molar-refractivity contribution in [1.29, 1.82) is 0 Å². The summed E-state index contributed by atoms with van der Waals surface area (Å²) in [7, 11) is 1.64. The van der Waals surface area contributed by atoms with E-state index in [-0.39, 0.29) is 12.1 Å². The second-order valence-corrected chi connectivity index (χ2v) is 7.11. The number of aliphatic hydroxyl groups excluding tert-OH is 1. The Balaban J connectivity index is 1.50. The van der Waals surface area contributed by atoms with Gasteiger partial charge in [-0.2, -0.15) is 0 Å². The van der Waals surface area contributed by atoms with E-state index in [1.54, 1.807) is 7.11 Å². The van der Waals surface area contributed by atoms with E-state index in [1.165, 1.54) is 0 Å². The second-order valence-electron chi connectivity index (χ2n) is 7.11. The van der Waals surface area contributed by atoms with Gasteiger partial charge in [0, 0.05) is 18.7 Å². The Kier molecular flexibility index (Phi) is 7.28. The number of benzene rings is 2. The minimum Gasteiger partial charge on any atom is -0.497 e. The van der Waals surface area contributed by atoms with Crippen molar-refractivity contribution in [1.82, 2.24) is 10.2 Å². The number of nitrogens with one attached hydrogen (secondary N) is 2. The van der Waals surface area contributed by atoms with Gasteiger partial charge in [-0.05, 0) is 56.1 Å². The van der Waals surface area contributed by atoms with E-state index in [9.17, 15) is 9.90 Å². The summed E-state index contributed by atoms with van der Waals surface area (Å²) in [6, 6.07) is 15.3. The third-order valence-corrected chi connectivity index (χ3v) is 4.99. The van der Waals surface area contributed by atoms with Gasteiger partial charge in [0.15, 0.2) is 0 Å². The van der Waals surface area contributed by atoms with E-state index in [0.29, 0.717) is 6.54 Å². The molecular weight excluding hydrogens is 354 g/mol. The van der Waals surface area contributed by atoms with Crippen LogP contribution < -0.4 is 15.4 Å². The molecule has 0 aliphatic carbocycles. The van der Waals surface area contributed by atoms with Crippen LogP contribution in [0.3, 0.4) is 0 Å². The largest absolute Gasteiger partial charge is 0.497 e. The number of methoxy groups -OCH3 is 1. The zero-order valence-corrected chi connectivity index (χ0v) is 16.4. The summed E-state index contributed by atoms with van der Waals surface area (Å²) in [6.45, 7) is 3.25. The number of piperidine rings is 1. The zero-order valence-electron chi connectivity index (χ0n) is 16.4. The van der Waals surface area contributed by atoms with E-state index >= 15 is 0 Å². The molecule has 1 fully saturated rings. The second kappa shape index (κ2) is 10.1. The van der Waals surface area contributed by atoms with Gasteiger partial charge in [-0.3, -0.25) is 0 Å². The highest BCUT2D eigenvalue weighted by molar-refractivity contribution is 5.94. The van der Waals surface area contributed by atoms with E-state index in [1.807, 2.05) is 48.5 Å². The predicted molar refractivity (Wildman–Crippen MR) is 112 cm³/mol. The van der Waals surface area contributed by atoms with E-state index in [2.05, 4.69) is 15.5 Å². The Morgan fingerprint density at radius 1 is 1.21 bits per heavy atom. The number of anilines is 1.